The molecule has 0 fully saturated rings. The fourth-order valence-electron chi connectivity index (χ4n) is 3.56. The minimum atomic E-state index is -0.156. The third-order valence-corrected chi connectivity index (χ3v) is 4.73. The van der Waals surface area contributed by atoms with E-state index in [0.717, 1.165) is 17.8 Å². The fraction of sp³-hybridized carbons (Fsp3) is 0.263. The van der Waals surface area contributed by atoms with Gasteiger partial charge in [0.1, 0.15) is 6.54 Å². The zero-order chi connectivity index (χ0) is 16.7. The van der Waals surface area contributed by atoms with Crippen LogP contribution in [-0.2, 0) is 16.0 Å². The maximum atomic E-state index is 12.9. The van der Waals surface area contributed by atoms with Crippen molar-refractivity contribution >= 4 is 28.9 Å². The molecule has 122 valence electrons. The zero-order valence-electron chi connectivity index (χ0n) is 13.5. The van der Waals surface area contributed by atoms with Gasteiger partial charge in [-0.1, -0.05) is 30.3 Å². The molecular weight excluding hydrogens is 302 g/mol. The Hall–Kier alpha value is -2.82. The van der Waals surface area contributed by atoms with Crippen LogP contribution in [0.25, 0.3) is 0 Å². The highest BCUT2D eigenvalue weighted by Crippen LogP contribution is 2.33. The lowest BCUT2D eigenvalue weighted by atomic mass is 10.1. The molecule has 0 saturated heterocycles. The van der Waals surface area contributed by atoms with Crippen LogP contribution in [0, 0.1) is 0 Å². The number of para-hydroxylation sites is 3. The normalized spacial score (nSPS) is 18.9. The molecule has 0 aromatic heterocycles. The van der Waals surface area contributed by atoms with Gasteiger partial charge >= 0.3 is 0 Å². The molecule has 4 rings (SSSR count). The van der Waals surface area contributed by atoms with Crippen molar-refractivity contribution in [3.05, 3.63) is 54.1 Å². The summed E-state index contributed by atoms with van der Waals surface area (Å²) in [6.07, 6.45) is 0.945. The van der Waals surface area contributed by atoms with Gasteiger partial charge in [0.2, 0.25) is 11.8 Å². The highest BCUT2D eigenvalue weighted by molar-refractivity contribution is 6.10. The molecule has 2 heterocycles. The Kier molecular flexibility index (Phi) is 3.49. The number of nitrogens with zero attached hydrogens (tertiary/aromatic N) is 2. The van der Waals surface area contributed by atoms with E-state index < -0.39 is 0 Å². The Morgan fingerprint density at radius 1 is 1.12 bits per heavy atom. The molecule has 5 nitrogen and oxygen atoms in total. The van der Waals surface area contributed by atoms with Crippen molar-refractivity contribution in [1.82, 2.24) is 0 Å². The third kappa shape index (κ3) is 2.42. The first-order chi connectivity index (χ1) is 11.6. The van der Waals surface area contributed by atoms with Gasteiger partial charge in [-0.15, -0.1) is 0 Å². The summed E-state index contributed by atoms with van der Waals surface area (Å²) in [6.45, 7) is 2.48. The summed E-state index contributed by atoms with van der Waals surface area (Å²) in [6, 6.07) is 15.9. The van der Waals surface area contributed by atoms with Gasteiger partial charge in [0.25, 0.3) is 0 Å². The zero-order valence-corrected chi connectivity index (χ0v) is 13.5. The molecular formula is C19H19N3O2. The molecule has 2 amide bonds. The molecule has 2 aliphatic heterocycles. The smallest absolute Gasteiger partial charge is 0.247 e. The summed E-state index contributed by atoms with van der Waals surface area (Å²) >= 11 is 0. The van der Waals surface area contributed by atoms with E-state index in [2.05, 4.69) is 29.3 Å². The van der Waals surface area contributed by atoms with Gasteiger partial charge in [-0.05, 0) is 37.1 Å². The van der Waals surface area contributed by atoms with Crippen molar-refractivity contribution in [2.45, 2.75) is 19.4 Å². The van der Waals surface area contributed by atoms with Crippen LogP contribution in [0.1, 0.15) is 12.5 Å². The van der Waals surface area contributed by atoms with Crippen molar-refractivity contribution in [3.8, 4) is 0 Å². The maximum absolute atomic E-state index is 12.9. The number of nitrogens with one attached hydrogen (secondary N) is 1. The second-order valence-corrected chi connectivity index (χ2v) is 6.35. The second kappa shape index (κ2) is 5.67. The summed E-state index contributed by atoms with van der Waals surface area (Å²) < 4.78 is 0. The fourth-order valence-corrected chi connectivity index (χ4v) is 3.56. The van der Waals surface area contributed by atoms with Crippen molar-refractivity contribution in [2.24, 2.45) is 0 Å². The van der Waals surface area contributed by atoms with Crippen molar-refractivity contribution in [2.75, 3.05) is 28.2 Å². The standard InChI is InChI=1S/C19H19N3O2/c1-13-10-14-6-2-4-8-16(14)21(13)12-19(24)22-11-18(23)20-15-7-3-5-9-17(15)22/h2-9,13H,10-12H2,1H3,(H,20,23)/t13-/m1/s1. The SMILES string of the molecule is C[C@@H]1Cc2ccccc2N1CC(=O)N1CC(=O)Nc2ccccc21. The molecule has 0 unspecified atom stereocenters. The first kappa shape index (κ1) is 14.8. The van der Waals surface area contributed by atoms with Crippen molar-refractivity contribution < 1.29 is 9.59 Å². The second-order valence-electron chi connectivity index (χ2n) is 6.35. The molecule has 0 saturated carbocycles. The van der Waals surface area contributed by atoms with Crippen LogP contribution in [0.4, 0.5) is 17.1 Å². The van der Waals surface area contributed by atoms with Gasteiger partial charge in [0.15, 0.2) is 0 Å². The topological polar surface area (TPSA) is 52.7 Å². The Balaban J connectivity index is 1.60. The highest BCUT2D eigenvalue weighted by Gasteiger charge is 2.31. The average Bonchev–Trinajstić information content (AvgIpc) is 2.89. The van der Waals surface area contributed by atoms with Crippen LogP contribution >= 0.6 is 0 Å². The largest absolute Gasteiger partial charge is 0.359 e. The number of anilines is 3. The van der Waals surface area contributed by atoms with E-state index in [-0.39, 0.29) is 30.9 Å². The number of hydrogen-bond acceptors (Lipinski definition) is 3. The number of amides is 2. The third-order valence-electron chi connectivity index (χ3n) is 4.73. The molecule has 1 atom stereocenters. The summed E-state index contributed by atoms with van der Waals surface area (Å²) in [5.74, 6) is -0.210. The molecule has 0 radical (unpaired) electrons. The molecule has 2 aromatic carbocycles. The van der Waals surface area contributed by atoms with Crippen molar-refractivity contribution in [1.29, 1.82) is 0 Å². The van der Waals surface area contributed by atoms with Crippen molar-refractivity contribution in [3.63, 3.8) is 0 Å². The maximum Gasteiger partial charge on any atom is 0.247 e. The predicted molar refractivity (Wildman–Crippen MR) is 94.4 cm³/mol. The van der Waals surface area contributed by atoms with Gasteiger partial charge < -0.3 is 10.2 Å². The Morgan fingerprint density at radius 2 is 1.83 bits per heavy atom. The van der Waals surface area contributed by atoms with E-state index >= 15 is 0 Å². The van der Waals surface area contributed by atoms with Gasteiger partial charge in [-0.25, -0.2) is 0 Å². The van der Waals surface area contributed by atoms with E-state index in [1.807, 2.05) is 36.4 Å². The van der Waals surface area contributed by atoms with Crippen LogP contribution in [0.2, 0.25) is 0 Å². The van der Waals surface area contributed by atoms with E-state index in [4.69, 9.17) is 0 Å². The van der Waals surface area contributed by atoms with Crippen LogP contribution in [0.3, 0.4) is 0 Å². The number of carbonyl (C=O) groups is 2. The molecule has 2 aliphatic rings. The number of carbonyl (C=O) groups excluding carboxylic acids is 2. The quantitative estimate of drug-likeness (QED) is 0.924. The molecule has 24 heavy (non-hydrogen) atoms. The Labute approximate surface area is 140 Å². The monoisotopic (exact) mass is 321 g/mol. The summed E-state index contributed by atoms with van der Waals surface area (Å²) in [7, 11) is 0. The van der Waals surface area contributed by atoms with Gasteiger partial charge in [-0.3, -0.25) is 14.5 Å². The first-order valence-electron chi connectivity index (χ1n) is 8.17. The lowest BCUT2D eigenvalue weighted by Gasteiger charge is -2.32. The number of rotatable bonds is 2. The lowest BCUT2D eigenvalue weighted by molar-refractivity contribution is -0.121. The summed E-state index contributed by atoms with van der Waals surface area (Å²) in [5.41, 5.74) is 3.85. The summed E-state index contributed by atoms with van der Waals surface area (Å²) in [5, 5.41) is 2.82. The predicted octanol–water partition coefficient (Wildman–Crippen LogP) is 2.42. The first-order valence-corrected chi connectivity index (χ1v) is 8.17. The summed E-state index contributed by atoms with van der Waals surface area (Å²) in [4.78, 5) is 28.6. The van der Waals surface area contributed by atoms with Crippen LogP contribution < -0.4 is 15.1 Å². The molecule has 2 aromatic rings. The number of hydrogen-bond donors (Lipinski definition) is 1. The molecule has 0 aliphatic carbocycles. The molecule has 0 spiro atoms. The minimum Gasteiger partial charge on any atom is -0.359 e. The van der Waals surface area contributed by atoms with Gasteiger partial charge in [-0.2, -0.15) is 0 Å². The van der Waals surface area contributed by atoms with Crippen LogP contribution in [0.15, 0.2) is 48.5 Å². The molecule has 5 heteroatoms. The Morgan fingerprint density at radius 3 is 2.67 bits per heavy atom. The number of fused-ring (bicyclic) bond motifs is 2. The van der Waals surface area contributed by atoms with E-state index in [0.29, 0.717) is 5.69 Å². The average molecular weight is 321 g/mol. The van der Waals surface area contributed by atoms with Crippen LogP contribution in [0.5, 0.6) is 0 Å². The molecule has 1 N–H and O–H groups in total. The Bertz CT molecular complexity index is 818. The molecule has 0 bridgehead atoms. The van der Waals surface area contributed by atoms with Gasteiger partial charge in [0.05, 0.1) is 17.9 Å². The van der Waals surface area contributed by atoms with Crippen LogP contribution in [-0.4, -0.2) is 30.9 Å². The van der Waals surface area contributed by atoms with E-state index in [1.54, 1.807) is 4.90 Å². The highest BCUT2D eigenvalue weighted by atomic mass is 16.2. The minimum absolute atomic E-state index is 0.0548. The van der Waals surface area contributed by atoms with Gasteiger partial charge in [0, 0.05) is 11.7 Å². The van der Waals surface area contributed by atoms with E-state index in [9.17, 15) is 9.59 Å². The van der Waals surface area contributed by atoms with E-state index in [1.165, 1.54) is 5.56 Å². The number of benzene rings is 2. The lowest BCUT2D eigenvalue weighted by Crippen LogP contribution is -2.47.